The second-order valence-corrected chi connectivity index (χ2v) is 8.34. The van der Waals surface area contributed by atoms with Crippen molar-refractivity contribution in [2.24, 2.45) is 16.7 Å². The van der Waals surface area contributed by atoms with E-state index in [1.165, 1.54) is 24.8 Å². The molecular weight excluding hydrogens is 270 g/mol. The van der Waals surface area contributed by atoms with E-state index in [1.807, 2.05) is 0 Å². The summed E-state index contributed by atoms with van der Waals surface area (Å²) in [4.78, 5) is 2.21. The lowest BCUT2D eigenvalue weighted by Gasteiger charge is -2.49. The van der Waals surface area contributed by atoms with Crippen LogP contribution in [0.1, 0.15) is 45.6 Å². The molecule has 2 heteroatoms. The zero-order chi connectivity index (χ0) is 16.0. The number of ether oxygens (including phenoxy) is 1. The number of benzene rings is 1. The summed E-state index contributed by atoms with van der Waals surface area (Å²) in [7, 11) is 4.23. The molecule has 2 bridgehead atoms. The van der Waals surface area contributed by atoms with Crippen molar-refractivity contribution in [1.29, 1.82) is 0 Å². The molecule has 0 heterocycles. The predicted molar refractivity (Wildman–Crippen MR) is 91.9 cm³/mol. The lowest BCUT2D eigenvalue weighted by Crippen LogP contribution is -2.47. The van der Waals surface area contributed by atoms with Gasteiger partial charge in [0.15, 0.2) is 0 Å². The van der Waals surface area contributed by atoms with E-state index in [9.17, 15) is 0 Å². The number of nitrogens with zero attached hydrogens (tertiary/aromatic N) is 1. The summed E-state index contributed by atoms with van der Waals surface area (Å²) in [6, 6.07) is 11.0. The molecule has 22 heavy (non-hydrogen) atoms. The van der Waals surface area contributed by atoms with Crippen molar-refractivity contribution in [1.82, 2.24) is 4.90 Å². The van der Waals surface area contributed by atoms with Crippen LogP contribution in [0.4, 0.5) is 0 Å². The van der Waals surface area contributed by atoms with Crippen molar-refractivity contribution in [3.63, 3.8) is 0 Å². The van der Waals surface area contributed by atoms with E-state index in [2.05, 4.69) is 70.1 Å². The van der Waals surface area contributed by atoms with Crippen molar-refractivity contribution in [2.75, 3.05) is 27.2 Å². The highest BCUT2D eigenvalue weighted by atomic mass is 16.5. The van der Waals surface area contributed by atoms with Crippen molar-refractivity contribution in [2.45, 2.75) is 45.6 Å². The fraction of sp³-hybridized carbons (Fsp3) is 0.700. The molecule has 2 saturated carbocycles. The smallest absolute Gasteiger partial charge is 0.0993 e. The molecular formula is C20H31NO. The van der Waals surface area contributed by atoms with Gasteiger partial charge in [0.25, 0.3) is 0 Å². The molecule has 1 aromatic carbocycles. The monoisotopic (exact) mass is 301 g/mol. The van der Waals surface area contributed by atoms with E-state index in [-0.39, 0.29) is 11.0 Å². The first-order valence-electron chi connectivity index (χ1n) is 8.68. The second-order valence-electron chi connectivity index (χ2n) is 8.34. The van der Waals surface area contributed by atoms with Gasteiger partial charge in [-0.25, -0.2) is 0 Å². The molecule has 3 atom stereocenters. The molecule has 0 amide bonds. The Hall–Kier alpha value is -0.860. The molecule has 2 fully saturated rings. The molecule has 0 aliphatic heterocycles. The Kier molecular flexibility index (Phi) is 3.89. The standard InChI is InChI=1S/C20H31NO/c1-18(2)17-11-12-19(18,3)20(15-17,22-14-13-21(4)5)16-9-7-6-8-10-16/h6-10,17H,11-15H2,1-5H3/t17-,19+,20-/m0/s1. The summed E-state index contributed by atoms with van der Waals surface area (Å²) >= 11 is 0. The summed E-state index contributed by atoms with van der Waals surface area (Å²) in [5, 5.41) is 0. The van der Waals surface area contributed by atoms with Gasteiger partial charge >= 0.3 is 0 Å². The van der Waals surface area contributed by atoms with Crippen molar-refractivity contribution in [3.8, 4) is 0 Å². The Morgan fingerprint density at radius 1 is 1.14 bits per heavy atom. The molecule has 0 saturated heterocycles. The first-order chi connectivity index (χ1) is 10.3. The Morgan fingerprint density at radius 3 is 2.32 bits per heavy atom. The van der Waals surface area contributed by atoms with Crippen molar-refractivity contribution in [3.05, 3.63) is 35.9 Å². The summed E-state index contributed by atoms with van der Waals surface area (Å²) in [6.07, 6.45) is 3.81. The maximum Gasteiger partial charge on any atom is 0.0993 e. The lowest BCUT2D eigenvalue weighted by molar-refractivity contribution is -0.148. The molecule has 0 N–H and O–H groups in total. The molecule has 2 nitrogen and oxygen atoms in total. The van der Waals surface area contributed by atoms with Crippen LogP contribution >= 0.6 is 0 Å². The van der Waals surface area contributed by atoms with Gasteiger partial charge in [0.05, 0.1) is 12.2 Å². The Bertz CT molecular complexity index is 524. The number of likely N-dealkylation sites (N-methyl/N-ethyl adjacent to an activating group) is 1. The molecule has 2 aliphatic rings. The third-order valence-electron chi connectivity index (χ3n) is 6.99. The lowest BCUT2D eigenvalue weighted by atomic mass is 9.62. The van der Waals surface area contributed by atoms with Crippen LogP contribution in [0, 0.1) is 16.7 Å². The maximum atomic E-state index is 6.72. The fourth-order valence-electron chi connectivity index (χ4n) is 5.10. The van der Waals surface area contributed by atoms with Crippen LogP contribution in [0.3, 0.4) is 0 Å². The van der Waals surface area contributed by atoms with E-state index in [0.29, 0.717) is 5.41 Å². The van der Waals surface area contributed by atoms with E-state index < -0.39 is 0 Å². The molecule has 2 aliphatic carbocycles. The zero-order valence-corrected chi connectivity index (χ0v) is 14.9. The number of hydrogen-bond donors (Lipinski definition) is 0. The van der Waals surface area contributed by atoms with Crippen molar-refractivity contribution < 1.29 is 4.74 Å². The van der Waals surface area contributed by atoms with E-state index >= 15 is 0 Å². The average Bonchev–Trinajstić information content (AvgIpc) is 2.80. The van der Waals surface area contributed by atoms with Gasteiger partial charge in [0, 0.05) is 12.0 Å². The molecule has 0 spiro atoms. The van der Waals surface area contributed by atoms with Gasteiger partial charge in [-0.2, -0.15) is 0 Å². The topological polar surface area (TPSA) is 12.5 Å². The molecule has 122 valence electrons. The summed E-state index contributed by atoms with van der Waals surface area (Å²) in [6.45, 7) is 9.19. The normalized spacial score (nSPS) is 36.2. The molecule has 0 radical (unpaired) electrons. The third-order valence-corrected chi connectivity index (χ3v) is 6.99. The van der Waals surface area contributed by atoms with Gasteiger partial charge in [-0.15, -0.1) is 0 Å². The Balaban J connectivity index is 1.99. The maximum absolute atomic E-state index is 6.72. The van der Waals surface area contributed by atoms with Gasteiger partial charge in [-0.05, 0) is 50.3 Å². The Labute approximate surface area is 135 Å². The number of rotatable bonds is 5. The van der Waals surface area contributed by atoms with Gasteiger partial charge in [-0.3, -0.25) is 0 Å². The SMILES string of the molecule is CN(C)CCO[C@]1(c2ccccc2)C[C@@H]2CC[C@]1(C)C2(C)C. The van der Waals surface area contributed by atoms with Crippen LogP contribution in [-0.2, 0) is 10.3 Å². The second kappa shape index (κ2) is 5.35. The van der Waals surface area contributed by atoms with Crippen LogP contribution in [-0.4, -0.2) is 32.1 Å². The van der Waals surface area contributed by atoms with E-state index in [4.69, 9.17) is 4.74 Å². The minimum atomic E-state index is -0.114. The van der Waals surface area contributed by atoms with Crippen LogP contribution in [0.15, 0.2) is 30.3 Å². The largest absolute Gasteiger partial charge is 0.368 e. The summed E-state index contributed by atoms with van der Waals surface area (Å²) in [5.74, 6) is 0.775. The number of hydrogen-bond acceptors (Lipinski definition) is 2. The van der Waals surface area contributed by atoms with Crippen LogP contribution in [0.2, 0.25) is 0 Å². The van der Waals surface area contributed by atoms with Gasteiger partial charge in [0.1, 0.15) is 0 Å². The number of fused-ring (bicyclic) bond motifs is 2. The van der Waals surface area contributed by atoms with Crippen LogP contribution in [0.5, 0.6) is 0 Å². The summed E-state index contributed by atoms with van der Waals surface area (Å²) < 4.78 is 6.72. The molecule has 0 unspecified atom stereocenters. The summed E-state index contributed by atoms with van der Waals surface area (Å²) in [5.41, 5.74) is 1.84. The first-order valence-corrected chi connectivity index (χ1v) is 8.68. The van der Waals surface area contributed by atoms with Gasteiger partial charge in [-0.1, -0.05) is 51.1 Å². The highest BCUT2D eigenvalue weighted by Crippen LogP contribution is 2.73. The average molecular weight is 301 g/mol. The minimum absolute atomic E-state index is 0.114. The molecule has 3 rings (SSSR count). The third kappa shape index (κ3) is 2.07. The predicted octanol–water partition coefficient (Wildman–Crippen LogP) is 4.31. The fourth-order valence-corrected chi connectivity index (χ4v) is 5.10. The van der Waals surface area contributed by atoms with Crippen LogP contribution < -0.4 is 0 Å². The zero-order valence-electron chi connectivity index (χ0n) is 14.9. The quantitative estimate of drug-likeness (QED) is 0.803. The minimum Gasteiger partial charge on any atom is -0.368 e. The van der Waals surface area contributed by atoms with Crippen LogP contribution in [0.25, 0.3) is 0 Å². The highest BCUT2D eigenvalue weighted by molar-refractivity contribution is 5.32. The molecule has 0 aromatic heterocycles. The highest BCUT2D eigenvalue weighted by Gasteiger charge is 2.69. The van der Waals surface area contributed by atoms with Gasteiger partial charge in [0.2, 0.25) is 0 Å². The van der Waals surface area contributed by atoms with E-state index in [0.717, 1.165) is 19.1 Å². The Morgan fingerprint density at radius 2 is 1.82 bits per heavy atom. The van der Waals surface area contributed by atoms with Gasteiger partial charge < -0.3 is 9.64 Å². The first kappa shape index (κ1) is 16.0. The molecule has 1 aromatic rings. The van der Waals surface area contributed by atoms with Crippen molar-refractivity contribution >= 4 is 0 Å². The van der Waals surface area contributed by atoms with E-state index in [1.54, 1.807) is 0 Å².